The lowest BCUT2D eigenvalue weighted by molar-refractivity contribution is 0.414. The molecular formula is C34H40F2N6O6S2. The van der Waals surface area contributed by atoms with Crippen LogP contribution in [-0.4, -0.2) is 61.5 Å². The Hall–Kier alpha value is -4.12. The van der Waals surface area contributed by atoms with Crippen molar-refractivity contribution in [1.82, 2.24) is 29.4 Å². The normalized spacial score (nSPS) is 20.6. The number of ether oxygens (including phenoxy) is 2. The van der Waals surface area contributed by atoms with Gasteiger partial charge in [0, 0.05) is 24.9 Å². The van der Waals surface area contributed by atoms with Gasteiger partial charge in [-0.1, -0.05) is 37.1 Å². The second kappa shape index (κ2) is 16.7. The van der Waals surface area contributed by atoms with Crippen LogP contribution >= 0.6 is 0 Å². The van der Waals surface area contributed by atoms with Crippen molar-refractivity contribution in [3.63, 3.8) is 0 Å². The van der Waals surface area contributed by atoms with Gasteiger partial charge >= 0.3 is 0 Å². The summed E-state index contributed by atoms with van der Waals surface area (Å²) in [6, 6.07) is 14.4. The molecule has 2 fully saturated rings. The topological polar surface area (TPSA) is 162 Å². The number of rotatable bonds is 12. The fourth-order valence-corrected chi connectivity index (χ4v) is 9.78. The van der Waals surface area contributed by atoms with E-state index in [0.717, 1.165) is 60.3 Å². The third kappa shape index (κ3) is 9.56. The van der Waals surface area contributed by atoms with Gasteiger partial charge in [-0.15, -0.1) is 0 Å². The third-order valence-corrected chi connectivity index (χ3v) is 12.7. The highest BCUT2D eigenvalue weighted by Crippen LogP contribution is 2.38. The summed E-state index contributed by atoms with van der Waals surface area (Å²) in [4.78, 5) is 15.9. The van der Waals surface area contributed by atoms with Crippen molar-refractivity contribution in [2.75, 3.05) is 14.2 Å². The molecule has 0 unspecified atom stereocenters. The summed E-state index contributed by atoms with van der Waals surface area (Å²) in [5, 5.41) is -1.20. The highest BCUT2D eigenvalue weighted by molar-refractivity contribution is 7.90. The molecule has 16 heteroatoms. The Balaban J connectivity index is 0.000000194. The molecule has 50 heavy (non-hydrogen) atoms. The predicted molar refractivity (Wildman–Crippen MR) is 182 cm³/mol. The average molecular weight is 731 g/mol. The predicted octanol–water partition coefficient (Wildman–Crippen LogP) is 4.76. The van der Waals surface area contributed by atoms with Gasteiger partial charge in [0.1, 0.15) is 23.1 Å². The second-order valence-corrected chi connectivity index (χ2v) is 16.1. The number of halogens is 2. The van der Waals surface area contributed by atoms with Gasteiger partial charge in [-0.3, -0.25) is 0 Å². The molecule has 0 amide bonds. The van der Waals surface area contributed by atoms with Crippen molar-refractivity contribution in [2.24, 2.45) is 0 Å². The molecule has 2 aromatic heterocycles. The second-order valence-electron chi connectivity index (χ2n) is 12.1. The van der Waals surface area contributed by atoms with Crippen molar-refractivity contribution in [3.8, 4) is 11.5 Å². The fraction of sp³-hybridized carbons (Fsp3) is 0.412. The lowest BCUT2D eigenvalue weighted by Crippen LogP contribution is -2.36. The summed E-state index contributed by atoms with van der Waals surface area (Å²) < 4.78 is 92.4. The van der Waals surface area contributed by atoms with Gasteiger partial charge in [-0.05, 0) is 61.1 Å². The molecule has 2 aliphatic carbocycles. The van der Waals surface area contributed by atoms with Crippen molar-refractivity contribution >= 4 is 20.0 Å². The Bertz CT molecular complexity index is 1760. The number of methoxy groups -OCH3 is 2. The molecule has 0 aliphatic heterocycles. The van der Waals surface area contributed by atoms with Crippen LogP contribution in [0.4, 0.5) is 8.78 Å². The molecule has 0 radical (unpaired) electrons. The molecular weight excluding hydrogens is 691 g/mol. The number of sulfonamides is 2. The van der Waals surface area contributed by atoms with Crippen molar-refractivity contribution in [2.45, 2.75) is 74.0 Å². The molecule has 2 aliphatic rings. The number of hydrogen-bond acceptors (Lipinski definition) is 10. The zero-order valence-corrected chi connectivity index (χ0v) is 29.3. The average Bonchev–Trinajstić information content (AvgIpc) is 3.84. The van der Waals surface area contributed by atoms with E-state index in [4.69, 9.17) is 9.47 Å². The largest absolute Gasteiger partial charge is 0.497 e. The molecule has 12 nitrogen and oxygen atoms in total. The van der Waals surface area contributed by atoms with Crippen LogP contribution in [0.3, 0.4) is 0 Å². The number of nitrogens with zero attached hydrogens (tertiary/aromatic N) is 4. The molecule has 0 spiro atoms. The summed E-state index contributed by atoms with van der Waals surface area (Å²) in [7, 11) is -3.91. The SMILES string of the molecule is COc1ccc(CNS(=O)(=O)[C@@H]2CCC[C@@H]2c2ncc(F)cn2)cc1.COc1ccc(CNS(=O)(=O)[C@H]2CCC[C@H]2c2ncc(F)cn2)cc1. The van der Waals surface area contributed by atoms with Crippen LogP contribution in [0.2, 0.25) is 0 Å². The smallest absolute Gasteiger partial charge is 0.215 e. The van der Waals surface area contributed by atoms with Crippen molar-refractivity contribution in [1.29, 1.82) is 0 Å². The highest BCUT2D eigenvalue weighted by Gasteiger charge is 2.40. The van der Waals surface area contributed by atoms with E-state index in [2.05, 4.69) is 29.4 Å². The van der Waals surface area contributed by atoms with E-state index in [1.807, 2.05) is 24.3 Å². The summed E-state index contributed by atoms with van der Waals surface area (Å²) in [5.41, 5.74) is 1.69. The fourth-order valence-electron chi connectivity index (χ4n) is 6.28. The summed E-state index contributed by atoms with van der Waals surface area (Å²) in [5.74, 6) is 0.532. The van der Waals surface area contributed by atoms with Crippen LogP contribution in [-0.2, 0) is 33.1 Å². The Labute approximate surface area is 291 Å². The van der Waals surface area contributed by atoms with Crippen LogP contribution in [0.1, 0.15) is 73.1 Å². The molecule has 0 bridgehead atoms. The molecule has 2 aromatic carbocycles. The first-order valence-corrected chi connectivity index (χ1v) is 19.3. The minimum Gasteiger partial charge on any atom is -0.497 e. The van der Waals surface area contributed by atoms with E-state index in [0.29, 0.717) is 37.3 Å². The first kappa shape index (κ1) is 37.1. The maximum Gasteiger partial charge on any atom is 0.215 e. The van der Waals surface area contributed by atoms with Gasteiger partial charge in [-0.2, -0.15) is 0 Å². The Kier molecular flexibility index (Phi) is 12.4. The van der Waals surface area contributed by atoms with Crippen LogP contribution in [0.15, 0.2) is 73.3 Å². The minimum atomic E-state index is -3.54. The minimum absolute atomic E-state index is 0.208. The Morgan fingerprint density at radius 2 is 0.940 bits per heavy atom. The van der Waals surface area contributed by atoms with Crippen molar-refractivity contribution in [3.05, 3.63) is 108 Å². The monoisotopic (exact) mass is 730 g/mol. The van der Waals surface area contributed by atoms with Gasteiger partial charge in [-0.25, -0.2) is 55.0 Å². The third-order valence-electron chi connectivity index (χ3n) is 8.92. The van der Waals surface area contributed by atoms with Gasteiger partial charge in [0.2, 0.25) is 20.0 Å². The number of aromatic nitrogens is 4. The van der Waals surface area contributed by atoms with E-state index in [1.54, 1.807) is 38.5 Å². The molecule has 4 atom stereocenters. The maximum atomic E-state index is 13.0. The maximum absolute atomic E-state index is 13.0. The first-order chi connectivity index (χ1) is 24.0. The Morgan fingerprint density at radius 1 is 0.600 bits per heavy atom. The van der Waals surface area contributed by atoms with Crippen molar-refractivity contribution < 1.29 is 35.1 Å². The molecule has 4 aromatic rings. The summed E-state index contributed by atoms with van der Waals surface area (Å²) >= 11 is 0. The van der Waals surface area contributed by atoms with Crippen LogP contribution < -0.4 is 18.9 Å². The Morgan fingerprint density at radius 3 is 1.26 bits per heavy atom. The van der Waals surface area contributed by atoms with E-state index in [1.165, 1.54) is 0 Å². The molecule has 2 saturated carbocycles. The van der Waals surface area contributed by atoms with Crippen LogP contribution in [0.5, 0.6) is 11.5 Å². The van der Waals surface area contributed by atoms with Gasteiger partial charge in [0.05, 0.1) is 49.5 Å². The quantitative estimate of drug-likeness (QED) is 0.208. The van der Waals surface area contributed by atoms with E-state index < -0.39 is 42.2 Å². The standard InChI is InChI=1S/2C17H20FN3O3S/c2*1-24-14-7-5-12(6-8-14)9-21-25(22,23)16-4-2-3-15(16)17-19-10-13(18)11-20-17/h2*5-8,10-11,15-16,21H,2-4,9H2,1H3/t2*15-,16+/m10/s1. The van der Waals surface area contributed by atoms with E-state index >= 15 is 0 Å². The first-order valence-electron chi connectivity index (χ1n) is 16.2. The zero-order chi connectivity index (χ0) is 35.7. The highest BCUT2D eigenvalue weighted by atomic mass is 32.2. The number of hydrogen-bond donors (Lipinski definition) is 2. The molecule has 0 saturated heterocycles. The summed E-state index contributed by atoms with van der Waals surface area (Å²) in [6.07, 6.45) is 8.32. The lowest BCUT2D eigenvalue weighted by Gasteiger charge is -2.19. The van der Waals surface area contributed by atoms with Crippen LogP contribution in [0.25, 0.3) is 0 Å². The lowest BCUT2D eigenvalue weighted by atomic mass is 10.1. The molecule has 2 N–H and O–H groups in total. The van der Waals surface area contributed by atoms with Gasteiger partial charge < -0.3 is 9.47 Å². The van der Waals surface area contributed by atoms with Gasteiger partial charge in [0.15, 0.2) is 11.6 Å². The zero-order valence-electron chi connectivity index (χ0n) is 27.7. The number of benzene rings is 2. The molecule has 268 valence electrons. The molecule has 6 rings (SSSR count). The summed E-state index contributed by atoms with van der Waals surface area (Å²) in [6.45, 7) is 0.416. The number of nitrogens with one attached hydrogen (secondary N) is 2. The van der Waals surface area contributed by atoms with Crippen LogP contribution in [0, 0.1) is 11.6 Å². The van der Waals surface area contributed by atoms with E-state index in [-0.39, 0.29) is 24.9 Å². The van der Waals surface area contributed by atoms with E-state index in [9.17, 15) is 25.6 Å². The van der Waals surface area contributed by atoms with Gasteiger partial charge in [0.25, 0.3) is 0 Å². The molecule has 2 heterocycles.